The fourth-order valence-electron chi connectivity index (χ4n) is 4.80. The van der Waals surface area contributed by atoms with Gasteiger partial charge in [0.2, 0.25) is 15.9 Å². The van der Waals surface area contributed by atoms with Crippen LogP contribution in [0, 0.1) is 5.41 Å². The second-order valence-corrected chi connectivity index (χ2v) is 14.5. The van der Waals surface area contributed by atoms with E-state index in [-0.39, 0.29) is 35.3 Å². The number of hydrogen-bond acceptors (Lipinski definition) is 5. The van der Waals surface area contributed by atoms with Crippen molar-refractivity contribution in [2.24, 2.45) is 5.41 Å². The highest BCUT2D eigenvalue weighted by Crippen LogP contribution is 2.38. The van der Waals surface area contributed by atoms with Crippen molar-refractivity contribution in [3.05, 3.63) is 29.8 Å². The van der Waals surface area contributed by atoms with Crippen molar-refractivity contribution in [1.82, 2.24) is 14.5 Å². The van der Waals surface area contributed by atoms with Crippen LogP contribution in [0.15, 0.2) is 29.2 Å². The molecule has 3 rings (SSSR count). The number of alkyl halides is 3. The Bertz CT molecular complexity index is 1150. The molecule has 0 spiro atoms. The van der Waals surface area contributed by atoms with Crippen LogP contribution in [0.1, 0.15) is 79.2 Å². The van der Waals surface area contributed by atoms with Gasteiger partial charge in [-0.15, -0.1) is 0 Å². The van der Waals surface area contributed by atoms with E-state index in [9.17, 15) is 31.2 Å². The molecule has 1 aromatic carbocycles. The number of rotatable bonds is 7. The molecule has 2 fully saturated rings. The third kappa shape index (κ3) is 8.57. The maximum atomic E-state index is 13.5. The Hall–Kier alpha value is -2.34. The minimum atomic E-state index is -4.65. The summed E-state index contributed by atoms with van der Waals surface area (Å²) in [4.78, 5) is 27.2. The van der Waals surface area contributed by atoms with Gasteiger partial charge in [0.05, 0.1) is 10.5 Å². The Morgan fingerprint density at radius 1 is 1.03 bits per heavy atom. The summed E-state index contributed by atoms with van der Waals surface area (Å²) in [7, 11) is -4.18. The summed E-state index contributed by atoms with van der Waals surface area (Å²) in [6.07, 6.45) is -2.99. The van der Waals surface area contributed by atoms with Crippen LogP contribution < -0.4 is 5.32 Å². The number of likely N-dealkylation sites (tertiary alicyclic amines) is 1. The number of halogens is 3. The number of nitrogens with one attached hydrogen (secondary N) is 1. The van der Waals surface area contributed by atoms with E-state index >= 15 is 0 Å². The van der Waals surface area contributed by atoms with Gasteiger partial charge in [-0.05, 0) is 76.5 Å². The first kappa shape index (κ1) is 31.2. The van der Waals surface area contributed by atoms with Gasteiger partial charge in [-0.1, -0.05) is 26.8 Å². The van der Waals surface area contributed by atoms with Gasteiger partial charge in [-0.25, -0.2) is 13.2 Å². The van der Waals surface area contributed by atoms with Crippen LogP contribution in [0.2, 0.25) is 0 Å². The van der Waals surface area contributed by atoms with E-state index in [4.69, 9.17) is 4.74 Å². The Morgan fingerprint density at radius 3 is 2.08 bits per heavy atom. The number of nitrogens with zero attached hydrogens (tertiary/aromatic N) is 2. The highest BCUT2D eigenvalue weighted by Gasteiger charge is 2.45. The van der Waals surface area contributed by atoms with Crippen LogP contribution in [-0.2, 0) is 25.7 Å². The highest BCUT2D eigenvalue weighted by molar-refractivity contribution is 7.89. The molecule has 39 heavy (non-hydrogen) atoms. The number of benzene rings is 1. The molecule has 1 heterocycles. The third-order valence-corrected chi connectivity index (χ3v) is 8.59. The molecule has 1 aromatic rings. The molecule has 1 saturated carbocycles. The molecule has 2 amide bonds. The smallest absolute Gasteiger partial charge is 0.416 e. The third-order valence-electron chi connectivity index (χ3n) is 6.59. The first-order chi connectivity index (χ1) is 17.8. The van der Waals surface area contributed by atoms with Crippen LogP contribution in [0.4, 0.5) is 18.0 Å². The quantitative estimate of drug-likeness (QED) is 0.484. The normalized spacial score (nSPS) is 18.7. The summed E-state index contributed by atoms with van der Waals surface area (Å²) >= 11 is 0. The van der Waals surface area contributed by atoms with Gasteiger partial charge in [0.25, 0.3) is 0 Å². The number of carbonyl (C=O) groups is 2. The number of alkyl carbamates (subject to hydrolysis) is 1. The molecule has 2 aliphatic rings. The van der Waals surface area contributed by atoms with Crippen LogP contribution >= 0.6 is 0 Å². The SMILES string of the molecule is CC(C)(C)C[C@@H](NC(=O)OC(C)(C)C)C(=O)N1CCC(N(C2CC2)S(=O)(=O)c2cccc(C(F)(F)F)c2)CC1. The van der Waals surface area contributed by atoms with Gasteiger partial charge in [-0.2, -0.15) is 17.5 Å². The Morgan fingerprint density at radius 2 is 1.59 bits per heavy atom. The van der Waals surface area contributed by atoms with Crippen molar-refractivity contribution in [3.63, 3.8) is 0 Å². The molecule has 0 bridgehead atoms. The molecule has 1 saturated heterocycles. The second kappa shape index (κ2) is 11.3. The largest absolute Gasteiger partial charge is 0.444 e. The van der Waals surface area contributed by atoms with E-state index in [0.29, 0.717) is 38.2 Å². The van der Waals surface area contributed by atoms with Gasteiger partial charge in [0.15, 0.2) is 0 Å². The zero-order valence-corrected chi connectivity index (χ0v) is 24.3. The minimum absolute atomic E-state index is 0.265. The molecule has 8 nitrogen and oxygen atoms in total. The van der Waals surface area contributed by atoms with Crippen molar-refractivity contribution in [1.29, 1.82) is 0 Å². The summed E-state index contributed by atoms with van der Waals surface area (Å²) in [5.41, 5.74) is -2.01. The van der Waals surface area contributed by atoms with Crippen molar-refractivity contribution in [3.8, 4) is 0 Å². The molecule has 1 aliphatic carbocycles. The first-order valence-corrected chi connectivity index (χ1v) is 14.7. The minimum Gasteiger partial charge on any atom is -0.444 e. The highest BCUT2D eigenvalue weighted by atomic mass is 32.2. The van der Waals surface area contributed by atoms with Crippen molar-refractivity contribution >= 4 is 22.0 Å². The van der Waals surface area contributed by atoms with Gasteiger partial charge in [0.1, 0.15) is 11.6 Å². The van der Waals surface area contributed by atoms with Crippen LogP contribution in [0.5, 0.6) is 0 Å². The van der Waals surface area contributed by atoms with Gasteiger partial charge >= 0.3 is 12.3 Å². The lowest BCUT2D eigenvalue weighted by atomic mass is 9.87. The zero-order valence-electron chi connectivity index (χ0n) is 23.5. The number of carbonyl (C=O) groups excluding carboxylic acids is 2. The second-order valence-electron chi connectivity index (χ2n) is 12.6. The topological polar surface area (TPSA) is 96.0 Å². The van der Waals surface area contributed by atoms with E-state index in [1.165, 1.54) is 10.4 Å². The molecule has 1 atom stereocenters. The Balaban J connectivity index is 1.74. The molecule has 0 radical (unpaired) electrons. The number of ether oxygens (including phenoxy) is 1. The van der Waals surface area contributed by atoms with Crippen molar-refractivity contribution in [2.75, 3.05) is 13.1 Å². The molecule has 0 aromatic heterocycles. The average Bonchev–Trinajstić information content (AvgIpc) is 3.61. The summed E-state index contributed by atoms with van der Waals surface area (Å²) < 4.78 is 73.5. The maximum absolute atomic E-state index is 13.5. The average molecular weight is 576 g/mol. The lowest BCUT2D eigenvalue weighted by Gasteiger charge is -2.39. The fourth-order valence-corrected chi connectivity index (χ4v) is 6.77. The number of hydrogen-bond donors (Lipinski definition) is 1. The summed E-state index contributed by atoms with van der Waals surface area (Å²) in [5.74, 6) is -0.270. The van der Waals surface area contributed by atoms with Crippen LogP contribution in [0.25, 0.3) is 0 Å². The zero-order chi connectivity index (χ0) is 29.4. The molecule has 1 N–H and O–H groups in total. The predicted molar refractivity (Wildman–Crippen MR) is 140 cm³/mol. The van der Waals surface area contributed by atoms with Crippen molar-refractivity contribution in [2.45, 2.75) is 108 Å². The van der Waals surface area contributed by atoms with E-state index in [1.807, 2.05) is 20.8 Å². The molecule has 12 heteroatoms. The van der Waals surface area contributed by atoms with E-state index in [2.05, 4.69) is 5.32 Å². The van der Waals surface area contributed by atoms with E-state index < -0.39 is 45.5 Å². The lowest BCUT2D eigenvalue weighted by molar-refractivity contribution is -0.137. The maximum Gasteiger partial charge on any atom is 0.416 e. The fraction of sp³-hybridized carbons (Fsp3) is 0.704. The van der Waals surface area contributed by atoms with Gasteiger partial charge in [0, 0.05) is 25.2 Å². The standard InChI is InChI=1S/C27H40F3N3O5S/c1-25(2,3)17-22(31-24(35)38-26(4,5)6)23(34)32-14-12-20(13-15-32)33(19-10-11-19)39(36,37)21-9-7-8-18(16-21)27(28,29)30/h7-9,16,19-20,22H,10-15,17H2,1-6H3,(H,31,35)/t22-/m1/s1. The van der Waals surface area contributed by atoms with Gasteiger partial charge < -0.3 is 15.0 Å². The number of amides is 2. The van der Waals surface area contributed by atoms with Crippen LogP contribution in [-0.4, -0.2) is 66.4 Å². The van der Waals surface area contributed by atoms with Gasteiger partial charge in [-0.3, -0.25) is 4.79 Å². The predicted octanol–water partition coefficient (Wildman–Crippen LogP) is 5.18. The summed E-state index contributed by atoms with van der Waals surface area (Å²) in [6.45, 7) is 11.6. The molecule has 0 unspecified atom stereocenters. The van der Waals surface area contributed by atoms with E-state index in [0.717, 1.165) is 12.1 Å². The van der Waals surface area contributed by atoms with Crippen molar-refractivity contribution < 1.29 is 35.9 Å². The lowest BCUT2D eigenvalue weighted by Crippen LogP contribution is -2.55. The number of sulfonamides is 1. The summed E-state index contributed by atoms with van der Waals surface area (Å²) in [6, 6.07) is 2.31. The Labute approximate surface area is 229 Å². The molecular formula is C27H40F3N3O5S. The Kier molecular flexibility index (Phi) is 9.01. The van der Waals surface area contributed by atoms with E-state index in [1.54, 1.807) is 25.7 Å². The van der Waals surface area contributed by atoms with Crippen LogP contribution in [0.3, 0.4) is 0 Å². The monoisotopic (exact) mass is 575 g/mol. The molecule has 220 valence electrons. The number of piperidine rings is 1. The molecular weight excluding hydrogens is 535 g/mol. The molecule has 1 aliphatic heterocycles. The first-order valence-electron chi connectivity index (χ1n) is 13.3. The summed E-state index contributed by atoms with van der Waals surface area (Å²) in [5, 5.41) is 2.70.